The molecule has 1 saturated carbocycles. The van der Waals surface area contributed by atoms with Crippen LogP contribution in [0, 0.1) is 11.8 Å². The Kier molecular flexibility index (Phi) is 4.55. The van der Waals surface area contributed by atoms with Crippen molar-refractivity contribution in [1.82, 2.24) is 10.3 Å². The lowest BCUT2D eigenvalue weighted by Crippen LogP contribution is -2.37. The van der Waals surface area contributed by atoms with E-state index in [4.69, 9.17) is 0 Å². The molecule has 94 valence electrons. The van der Waals surface area contributed by atoms with Crippen LogP contribution in [-0.4, -0.2) is 17.6 Å². The van der Waals surface area contributed by atoms with E-state index in [0.717, 1.165) is 30.8 Å². The number of pyridine rings is 1. The van der Waals surface area contributed by atoms with Gasteiger partial charge in [-0.25, -0.2) is 0 Å². The van der Waals surface area contributed by atoms with Crippen molar-refractivity contribution in [3.8, 4) is 0 Å². The van der Waals surface area contributed by atoms with Gasteiger partial charge in [-0.05, 0) is 61.8 Å². The van der Waals surface area contributed by atoms with Crippen molar-refractivity contribution in [2.45, 2.75) is 45.6 Å². The summed E-state index contributed by atoms with van der Waals surface area (Å²) in [5.41, 5.74) is 1.38. The van der Waals surface area contributed by atoms with Gasteiger partial charge in [0.25, 0.3) is 0 Å². The third-order valence-corrected chi connectivity index (χ3v) is 3.77. The molecule has 1 aromatic heterocycles. The third-order valence-electron chi connectivity index (χ3n) is 3.77. The SMILES string of the molecule is CC1CC(C)CC(NCCc2ccncc2)C1. The molecule has 2 rings (SSSR count). The molecule has 1 aliphatic carbocycles. The van der Waals surface area contributed by atoms with Gasteiger partial charge in [-0.2, -0.15) is 0 Å². The molecule has 2 nitrogen and oxygen atoms in total. The molecule has 0 aromatic carbocycles. The van der Waals surface area contributed by atoms with Crippen molar-refractivity contribution >= 4 is 0 Å². The van der Waals surface area contributed by atoms with Gasteiger partial charge in [-0.15, -0.1) is 0 Å². The third kappa shape index (κ3) is 4.12. The zero-order chi connectivity index (χ0) is 12.1. The molecule has 1 fully saturated rings. The molecule has 0 bridgehead atoms. The summed E-state index contributed by atoms with van der Waals surface area (Å²) in [5.74, 6) is 1.77. The second kappa shape index (κ2) is 6.15. The van der Waals surface area contributed by atoms with Crippen LogP contribution < -0.4 is 5.32 Å². The molecule has 0 saturated heterocycles. The Morgan fingerprint density at radius 1 is 1.12 bits per heavy atom. The van der Waals surface area contributed by atoms with E-state index in [2.05, 4.69) is 36.3 Å². The zero-order valence-corrected chi connectivity index (χ0v) is 11.0. The van der Waals surface area contributed by atoms with Crippen LogP contribution in [0.2, 0.25) is 0 Å². The van der Waals surface area contributed by atoms with Gasteiger partial charge in [-0.1, -0.05) is 13.8 Å². The molecule has 0 aliphatic heterocycles. The Bertz CT molecular complexity index is 313. The Hall–Kier alpha value is -0.890. The highest BCUT2D eigenvalue weighted by atomic mass is 14.9. The number of nitrogens with one attached hydrogen (secondary N) is 1. The highest BCUT2D eigenvalue weighted by Gasteiger charge is 2.22. The molecule has 17 heavy (non-hydrogen) atoms. The first-order valence-electron chi connectivity index (χ1n) is 6.86. The van der Waals surface area contributed by atoms with E-state index in [1.165, 1.54) is 24.8 Å². The van der Waals surface area contributed by atoms with Crippen molar-refractivity contribution in [2.75, 3.05) is 6.54 Å². The van der Waals surface area contributed by atoms with Crippen molar-refractivity contribution < 1.29 is 0 Å². The predicted molar refractivity (Wildman–Crippen MR) is 71.9 cm³/mol. The topological polar surface area (TPSA) is 24.9 Å². The fourth-order valence-corrected chi connectivity index (χ4v) is 3.08. The average molecular weight is 232 g/mol. The molecule has 1 heterocycles. The lowest BCUT2D eigenvalue weighted by molar-refractivity contribution is 0.240. The minimum Gasteiger partial charge on any atom is -0.314 e. The highest BCUT2D eigenvalue weighted by Crippen LogP contribution is 2.28. The van der Waals surface area contributed by atoms with Gasteiger partial charge in [0.15, 0.2) is 0 Å². The van der Waals surface area contributed by atoms with E-state index in [1.807, 2.05) is 12.4 Å². The Labute approximate surface area is 105 Å². The quantitative estimate of drug-likeness (QED) is 0.863. The summed E-state index contributed by atoms with van der Waals surface area (Å²) < 4.78 is 0. The molecule has 1 aliphatic rings. The summed E-state index contributed by atoms with van der Waals surface area (Å²) in [4.78, 5) is 4.04. The fourth-order valence-electron chi connectivity index (χ4n) is 3.08. The largest absolute Gasteiger partial charge is 0.314 e. The van der Waals surface area contributed by atoms with E-state index in [9.17, 15) is 0 Å². The van der Waals surface area contributed by atoms with Gasteiger partial charge in [-0.3, -0.25) is 4.98 Å². The standard InChI is InChI=1S/C15H24N2/c1-12-9-13(2)11-15(10-12)17-8-5-14-3-6-16-7-4-14/h3-4,6-7,12-13,15,17H,5,8-11H2,1-2H3. The maximum atomic E-state index is 4.04. The average Bonchev–Trinajstić information content (AvgIpc) is 2.29. The van der Waals surface area contributed by atoms with E-state index in [0.29, 0.717) is 0 Å². The molecule has 1 aromatic rings. The van der Waals surface area contributed by atoms with Crippen molar-refractivity contribution in [3.63, 3.8) is 0 Å². The Morgan fingerprint density at radius 2 is 1.76 bits per heavy atom. The molecule has 0 amide bonds. The molecule has 2 atom stereocenters. The van der Waals surface area contributed by atoms with Gasteiger partial charge in [0.2, 0.25) is 0 Å². The Morgan fingerprint density at radius 3 is 2.41 bits per heavy atom. The van der Waals surface area contributed by atoms with Gasteiger partial charge < -0.3 is 5.32 Å². The summed E-state index contributed by atoms with van der Waals surface area (Å²) in [6.07, 6.45) is 8.96. The minimum atomic E-state index is 0.732. The molecule has 2 unspecified atom stereocenters. The second-order valence-corrected chi connectivity index (χ2v) is 5.67. The molecule has 0 radical (unpaired) electrons. The van der Waals surface area contributed by atoms with Crippen LogP contribution in [-0.2, 0) is 6.42 Å². The second-order valence-electron chi connectivity index (χ2n) is 5.67. The molecule has 1 N–H and O–H groups in total. The minimum absolute atomic E-state index is 0.732. The molecular formula is C15H24N2. The zero-order valence-electron chi connectivity index (χ0n) is 11.0. The van der Waals surface area contributed by atoms with Crippen LogP contribution in [0.4, 0.5) is 0 Å². The van der Waals surface area contributed by atoms with E-state index in [1.54, 1.807) is 0 Å². The summed E-state index contributed by atoms with van der Waals surface area (Å²) in [5, 5.41) is 3.71. The van der Waals surface area contributed by atoms with Gasteiger partial charge in [0.05, 0.1) is 0 Å². The van der Waals surface area contributed by atoms with Gasteiger partial charge >= 0.3 is 0 Å². The van der Waals surface area contributed by atoms with Gasteiger partial charge in [0.1, 0.15) is 0 Å². The molecule has 0 spiro atoms. The normalized spacial score (nSPS) is 29.2. The van der Waals surface area contributed by atoms with Crippen molar-refractivity contribution in [3.05, 3.63) is 30.1 Å². The van der Waals surface area contributed by atoms with Crippen LogP contribution in [0.15, 0.2) is 24.5 Å². The maximum absolute atomic E-state index is 4.04. The predicted octanol–water partition coefficient (Wildman–Crippen LogP) is 3.04. The van der Waals surface area contributed by atoms with Gasteiger partial charge in [0, 0.05) is 18.4 Å². The first-order valence-corrected chi connectivity index (χ1v) is 6.86. The smallest absolute Gasteiger partial charge is 0.0270 e. The monoisotopic (exact) mass is 232 g/mol. The van der Waals surface area contributed by atoms with E-state index >= 15 is 0 Å². The highest BCUT2D eigenvalue weighted by molar-refractivity contribution is 5.09. The lowest BCUT2D eigenvalue weighted by Gasteiger charge is -2.32. The van der Waals surface area contributed by atoms with Crippen molar-refractivity contribution in [1.29, 1.82) is 0 Å². The van der Waals surface area contributed by atoms with Crippen LogP contribution in [0.1, 0.15) is 38.7 Å². The molecule has 2 heteroatoms. The fraction of sp³-hybridized carbons (Fsp3) is 0.667. The number of nitrogens with zero attached hydrogens (tertiary/aromatic N) is 1. The number of rotatable bonds is 4. The van der Waals surface area contributed by atoms with Crippen LogP contribution >= 0.6 is 0 Å². The van der Waals surface area contributed by atoms with Crippen LogP contribution in [0.25, 0.3) is 0 Å². The summed E-state index contributed by atoms with van der Waals surface area (Å²) in [6, 6.07) is 4.94. The molecular weight excluding hydrogens is 208 g/mol. The number of aromatic nitrogens is 1. The number of hydrogen-bond acceptors (Lipinski definition) is 2. The van der Waals surface area contributed by atoms with Crippen LogP contribution in [0.3, 0.4) is 0 Å². The van der Waals surface area contributed by atoms with E-state index < -0.39 is 0 Å². The first-order chi connectivity index (χ1) is 8.24. The first kappa shape index (κ1) is 12.6. The van der Waals surface area contributed by atoms with Crippen molar-refractivity contribution in [2.24, 2.45) is 11.8 Å². The summed E-state index contributed by atoms with van der Waals surface area (Å²) >= 11 is 0. The number of hydrogen-bond donors (Lipinski definition) is 1. The summed E-state index contributed by atoms with van der Waals surface area (Å²) in [6.45, 7) is 5.86. The van der Waals surface area contributed by atoms with Crippen LogP contribution in [0.5, 0.6) is 0 Å². The maximum Gasteiger partial charge on any atom is 0.0270 e. The lowest BCUT2D eigenvalue weighted by atomic mass is 9.80. The van der Waals surface area contributed by atoms with E-state index in [-0.39, 0.29) is 0 Å². The Balaban J connectivity index is 1.71. The summed E-state index contributed by atoms with van der Waals surface area (Å²) in [7, 11) is 0.